The third-order valence-electron chi connectivity index (χ3n) is 2.21. The summed E-state index contributed by atoms with van der Waals surface area (Å²) >= 11 is 0. The van der Waals surface area contributed by atoms with Crippen LogP contribution in [0.4, 0.5) is 0 Å². The molecular weight excluding hydrogens is 168 g/mol. The van der Waals surface area contributed by atoms with Crippen LogP contribution < -0.4 is 5.73 Å². The summed E-state index contributed by atoms with van der Waals surface area (Å²) in [5.41, 5.74) is 5.17. The molecule has 0 saturated heterocycles. The highest BCUT2D eigenvalue weighted by Gasteiger charge is 2.30. The number of nitrogens with two attached hydrogens (primary N) is 1. The maximum atomic E-state index is 11.2. The number of primary amides is 1. The molecule has 0 aliphatic rings. The highest BCUT2D eigenvalue weighted by Crippen LogP contribution is 2.13. The molecule has 13 heavy (non-hydrogen) atoms. The van der Waals surface area contributed by atoms with Gasteiger partial charge in [-0.3, -0.25) is 9.59 Å². The predicted molar refractivity (Wildman–Crippen MR) is 51.1 cm³/mol. The Balaban J connectivity index is 4.69. The minimum Gasteiger partial charge on any atom is -0.369 e. The second-order valence-electron chi connectivity index (χ2n) is 3.43. The SMILES string of the molecule is CCC(C(C(C)=O)C(N)=O)N(C)C. The monoisotopic (exact) mass is 186 g/mol. The van der Waals surface area contributed by atoms with Gasteiger partial charge in [0, 0.05) is 6.04 Å². The summed E-state index contributed by atoms with van der Waals surface area (Å²) in [6.45, 7) is 3.34. The van der Waals surface area contributed by atoms with Crippen molar-refractivity contribution in [1.29, 1.82) is 0 Å². The molecule has 4 heteroatoms. The molecule has 0 aromatic rings. The average Bonchev–Trinajstić information content (AvgIpc) is 1.97. The Kier molecular flexibility index (Phi) is 4.62. The van der Waals surface area contributed by atoms with Gasteiger partial charge in [0.1, 0.15) is 11.7 Å². The van der Waals surface area contributed by atoms with Crippen LogP contribution in [-0.2, 0) is 9.59 Å². The number of amides is 1. The van der Waals surface area contributed by atoms with E-state index in [-0.39, 0.29) is 11.8 Å². The predicted octanol–water partition coefficient (Wildman–Crippen LogP) is 0.0171. The van der Waals surface area contributed by atoms with E-state index in [0.717, 1.165) is 6.42 Å². The van der Waals surface area contributed by atoms with E-state index in [1.54, 1.807) is 0 Å². The maximum absolute atomic E-state index is 11.2. The highest BCUT2D eigenvalue weighted by molar-refractivity contribution is 6.00. The lowest BCUT2D eigenvalue weighted by molar-refractivity contribution is -0.133. The summed E-state index contributed by atoms with van der Waals surface area (Å²) in [7, 11) is 3.68. The molecule has 0 aliphatic carbocycles. The Labute approximate surface area is 79.1 Å². The standard InChI is InChI=1S/C9H18N2O2/c1-5-7(11(3)4)8(6(2)12)9(10)13/h7-8H,5H2,1-4H3,(H2,10,13). The molecule has 2 N–H and O–H groups in total. The van der Waals surface area contributed by atoms with E-state index in [4.69, 9.17) is 5.73 Å². The fourth-order valence-electron chi connectivity index (χ4n) is 1.56. The van der Waals surface area contributed by atoms with Gasteiger partial charge in [0.2, 0.25) is 5.91 Å². The summed E-state index contributed by atoms with van der Waals surface area (Å²) in [6, 6.07) is -0.0880. The number of ketones is 1. The first-order valence-electron chi connectivity index (χ1n) is 4.38. The molecule has 0 bridgehead atoms. The van der Waals surface area contributed by atoms with E-state index in [0.29, 0.717) is 0 Å². The Hall–Kier alpha value is -0.900. The third kappa shape index (κ3) is 3.14. The van der Waals surface area contributed by atoms with Crippen LogP contribution in [0.2, 0.25) is 0 Å². The molecule has 0 aromatic carbocycles. The lowest BCUT2D eigenvalue weighted by Crippen LogP contribution is -2.45. The second kappa shape index (κ2) is 4.97. The van der Waals surface area contributed by atoms with Crippen LogP contribution in [0.25, 0.3) is 0 Å². The van der Waals surface area contributed by atoms with Crippen molar-refractivity contribution < 1.29 is 9.59 Å². The molecule has 2 unspecified atom stereocenters. The van der Waals surface area contributed by atoms with Gasteiger partial charge in [-0.25, -0.2) is 0 Å². The topological polar surface area (TPSA) is 63.4 Å². The van der Waals surface area contributed by atoms with Gasteiger partial charge in [-0.05, 0) is 27.4 Å². The van der Waals surface area contributed by atoms with Crippen LogP contribution >= 0.6 is 0 Å². The number of rotatable bonds is 5. The van der Waals surface area contributed by atoms with E-state index in [9.17, 15) is 9.59 Å². The van der Waals surface area contributed by atoms with Gasteiger partial charge in [0.25, 0.3) is 0 Å². The molecule has 2 atom stereocenters. The molecule has 1 amide bonds. The fourth-order valence-corrected chi connectivity index (χ4v) is 1.56. The van der Waals surface area contributed by atoms with Crippen molar-refractivity contribution in [2.45, 2.75) is 26.3 Å². The van der Waals surface area contributed by atoms with Crippen LogP contribution in [0.3, 0.4) is 0 Å². The summed E-state index contributed by atoms with van der Waals surface area (Å²) in [6.07, 6.45) is 0.736. The van der Waals surface area contributed by atoms with Crippen molar-refractivity contribution >= 4 is 11.7 Å². The largest absolute Gasteiger partial charge is 0.369 e. The van der Waals surface area contributed by atoms with Gasteiger partial charge in [-0.2, -0.15) is 0 Å². The maximum Gasteiger partial charge on any atom is 0.229 e. The van der Waals surface area contributed by atoms with Gasteiger partial charge in [0.15, 0.2) is 0 Å². The Bertz CT molecular complexity index is 188. The highest BCUT2D eigenvalue weighted by atomic mass is 16.2. The lowest BCUT2D eigenvalue weighted by atomic mass is 9.92. The molecule has 76 valence electrons. The zero-order valence-electron chi connectivity index (χ0n) is 8.70. The summed E-state index contributed by atoms with van der Waals surface area (Å²) in [5.74, 6) is -1.37. The summed E-state index contributed by atoms with van der Waals surface area (Å²) < 4.78 is 0. The van der Waals surface area contributed by atoms with E-state index < -0.39 is 11.8 Å². The summed E-state index contributed by atoms with van der Waals surface area (Å²) in [5, 5.41) is 0. The van der Waals surface area contributed by atoms with Crippen molar-refractivity contribution in [2.24, 2.45) is 11.7 Å². The Morgan fingerprint density at radius 2 is 1.85 bits per heavy atom. The van der Waals surface area contributed by atoms with Crippen LogP contribution in [0.5, 0.6) is 0 Å². The average molecular weight is 186 g/mol. The van der Waals surface area contributed by atoms with E-state index in [2.05, 4.69) is 0 Å². The van der Waals surface area contributed by atoms with Crippen molar-refractivity contribution in [3.63, 3.8) is 0 Å². The Morgan fingerprint density at radius 3 is 1.92 bits per heavy atom. The number of carbonyl (C=O) groups excluding carboxylic acids is 2. The quantitative estimate of drug-likeness (QED) is 0.615. The van der Waals surface area contributed by atoms with Crippen molar-refractivity contribution in [2.75, 3.05) is 14.1 Å². The molecule has 0 rings (SSSR count). The second-order valence-corrected chi connectivity index (χ2v) is 3.43. The molecule has 0 aromatic heterocycles. The van der Waals surface area contributed by atoms with Crippen LogP contribution in [0.15, 0.2) is 0 Å². The number of hydrogen-bond acceptors (Lipinski definition) is 3. The molecule has 0 radical (unpaired) electrons. The van der Waals surface area contributed by atoms with Gasteiger partial charge in [-0.1, -0.05) is 6.92 Å². The van der Waals surface area contributed by atoms with E-state index >= 15 is 0 Å². The minimum absolute atomic E-state index is 0.0880. The van der Waals surface area contributed by atoms with Crippen molar-refractivity contribution in [3.05, 3.63) is 0 Å². The zero-order chi connectivity index (χ0) is 10.6. The van der Waals surface area contributed by atoms with Crippen LogP contribution in [0, 0.1) is 5.92 Å². The molecule has 0 spiro atoms. The first-order valence-corrected chi connectivity index (χ1v) is 4.38. The fraction of sp³-hybridized carbons (Fsp3) is 0.778. The number of nitrogens with zero attached hydrogens (tertiary/aromatic N) is 1. The number of Topliss-reactive ketones (excluding diaryl/α,β-unsaturated/α-hetero) is 1. The molecule has 0 saturated carbocycles. The van der Waals surface area contributed by atoms with Crippen molar-refractivity contribution in [1.82, 2.24) is 4.90 Å². The van der Waals surface area contributed by atoms with Gasteiger partial charge >= 0.3 is 0 Å². The molecule has 0 fully saturated rings. The molecule has 0 heterocycles. The first kappa shape index (κ1) is 12.1. The summed E-state index contributed by atoms with van der Waals surface area (Å²) in [4.78, 5) is 24.0. The molecule has 4 nitrogen and oxygen atoms in total. The Morgan fingerprint density at radius 1 is 1.38 bits per heavy atom. The zero-order valence-corrected chi connectivity index (χ0v) is 8.70. The van der Waals surface area contributed by atoms with Crippen LogP contribution in [0.1, 0.15) is 20.3 Å². The third-order valence-corrected chi connectivity index (χ3v) is 2.21. The van der Waals surface area contributed by atoms with Gasteiger partial charge < -0.3 is 10.6 Å². The van der Waals surface area contributed by atoms with Gasteiger partial charge in [-0.15, -0.1) is 0 Å². The van der Waals surface area contributed by atoms with E-state index in [1.807, 2.05) is 25.9 Å². The van der Waals surface area contributed by atoms with Crippen LogP contribution in [-0.4, -0.2) is 36.7 Å². The van der Waals surface area contributed by atoms with E-state index in [1.165, 1.54) is 6.92 Å². The normalized spacial score (nSPS) is 15.5. The minimum atomic E-state index is -0.681. The lowest BCUT2D eigenvalue weighted by Gasteiger charge is -2.27. The molecule has 0 aliphatic heterocycles. The number of carbonyl (C=O) groups is 2. The smallest absolute Gasteiger partial charge is 0.229 e. The van der Waals surface area contributed by atoms with Gasteiger partial charge in [0.05, 0.1) is 0 Å². The molecular formula is C9H18N2O2. The number of hydrogen-bond donors (Lipinski definition) is 1. The first-order chi connectivity index (χ1) is 5.91. The van der Waals surface area contributed by atoms with Crippen molar-refractivity contribution in [3.8, 4) is 0 Å².